The molecule has 0 saturated heterocycles. The van der Waals surface area contributed by atoms with Gasteiger partial charge in [-0.25, -0.2) is 4.79 Å². The summed E-state index contributed by atoms with van der Waals surface area (Å²) in [5.74, 6) is -1.09. The first kappa shape index (κ1) is 17.0. The van der Waals surface area contributed by atoms with Gasteiger partial charge < -0.3 is 14.8 Å². The minimum atomic E-state index is -0.535. The molecule has 6 nitrogen and oxygen atoms in total. The summed E-state index contributed by atoms with van der Waals surface area (Å²) in [6.07, 6.45) is 0.493. The van der Waals surface area contributed by atoms with E-state index in [0.717, 1.165) is 0 Å². The number of fused-ring (bicyclic) bond motifs is 1. The highest BCUT2D eigenvalue weighted by Crippen LogP contribution is 2.37. The zero-order valence-electron chi connectivity index (χ0n) is 14.3. The molecule has 0 radical (unpaired) electrons. The van der Waals surface area contributed by atoms with E-state index in [0.29, 0.717) is 10.9 Å². The highest BCUT2D eigenvalue weighted by Gasteiger charge is 2.30. The first-order valence-corrected chi connectivity index (χ1v) is 7.91. The molecular formula is C19H18NO5-. The zero-order chi connectivity index (χ0) is 18.4. The topological polar surface area (TPSA) is 99.3 Å². The lowest BCUT2D eigenvalue weighted by Crippen LogP contribution is -2.30. The summed E-state index contributed by atoms with van der Waals surface area (Å²) in [5, 5.41) is 12.8. The van der Waals surface area contributed by atoms with E-state index in [4.69, 9.17) is 0 Å². The lowest BCUT2D eigenvalue weighted by Gasteiger charge is -2.35. The number of ketones is 1. The fraction of sp³-hybridized carbons (Fsp3) is 0.316. The van der Waals surface area contributed by atoms with E-state index < -0.39 is 5.97 Å². The molecule has 1 aromatic carbocycles. The standard InChI is InChI=1S/C19H19NO5/c1-19(2)8-15(22)17(16(23)9-19)13-7-14(21)11-5-4-10(18(24)25-3)6-12(11)20-13/h4-7,22H,8-9H2,1-3H3,(H,20,21)/p-1. The Morgan fingerprint density at radius 3 is 2.56 bits per heavy atom. The monoisotopic (exact) mass is 340 g/mol. The van der Waals surface area contributed by atoms with Gasteiger partial charge in [-0.1, -0.05) is 13.8 Å². The second kappa shape index (κ2) is 5.88. The van der Waals surface area contributed by atoms with Crippen molar-refractivity contribution in [3.05, 3.63) is 51.5 Å². The number of allylic oxidation sites excluding steroid dienone is 2. The smallest absolute Gasteiger partial charge is 0.337 e. The van der Waals surface area contributed by atoms with Crippen molar-refractivity contribution >= 4 is 28.2 Å². The Balaban J connectivity index is 2.19. The molecule has 0 atom stereocenters. The van der Waals surface area contributed by atoms with Crippen molar-refractivity contribution < 1.29 is 19.4 Å². The van der Waals surface area contributed by atoms with Gasteiger partial charge in [-0.05, 0) is 30.0 Å². The molecule has 0 aliphatic heterocycles. The van der Waals surface area contributed by atoms with Crippen molar-refractivity contribution in [1.29, 1.82) is 0 Å². The molecule has 130 valence electrons. The second-order valence-corrected chi connectivity index (χ2v) is 7.04. The van der Waals surface area contributed by atoms with E-state index in [1.807, 2.05) is 13.8 Å². The van der Waals surface area contributed by atoms with Crippen LogP contribution in [0.25, 0.3) is 16.5 Å². The Hall–Kier alpha value is -2.89. The molecule has 0 fully saturated rings. The zero-order valence-corrected chi connectivity index (χ0v) is 14.3. The van der Waals surface area contributed by atoms with Crippen LogP contribution in [-0.4, -0.2) is 23.8 Å². The molecule has 3 rings (SSSR count). The number of H-pyrrole nitrogens is 1. The highest BCUT2D eigenvalue weighted by molar-refractivity contribution is 6.21. The first-order chi connectivity index (χ1) is 11.7. The fourth-order valence-corrected chi connectivity index (χ4v) is 3.20. The van der Waals surface area contributed by atoms with Crippen molar-refractivity contribution in [1.82, 2.24) is 4.98 Å². The van der Waals surface area contributed by atoms with E-state index in [1.165, 1.54) is 31.4 Å². The van der Waals surface area contributed by atoms with Crippen LogP contribution in [0.3, 0.4) is 0 Å². The number of ether oxygens (including phenoxy) is 1. The van der Waals surface area contributed by atoms with Gasteiger partial charge in [0.25, 0.3) is 0 Å². The predicted molar refractivity (Wildman–Crippen MR) is 90.9 cm³/mol. The normalized spacial score (nSPS) is 17.0. The molecule has 2 aromatic rings. The van der Waals surface area contributed by atoms with Crippen LogP contribution in [0.2, 0.25) is 0 Å². The molecular weight excluding hydrogens is 322 g/mol. The number of pyridine rings is 1. The van der Waals surface area contributed by atoms with E-state index in [9.17, 15) is 19.5 Å². The third-order valence-corrected chi connectivity index (χ3v) is 4.36. The summed E-state index contributed by atoms with van der Waals surface area (Å²) in [6.45, 7) is 3.73. The highest BCUT2D eigenvalue weighted by atomic mass is 16.5. The van der Waals surface area contributed by atoms with Crippen LogP contribution in [0, 0.1) is 5.41 Å². The van der Waals surface area contributed by atoms with Gasteiger partial charge in [0, 0.05) is 23.4 Å². The van der Waals surface area contributed by atoms with Gasteiger partial charge in [0.1, 0.15) is 0 Å². The number of methoxy groups -OCH3 is 1. The van der Waals surface area contributed by atoms with Crippen LogP contribution in [0.5, 0.6) is 0 Å². The molecule has 25 heavy (non-hydrogen) atoms. The number of benzene rings is 1. The van der Waals surface area contributed by atoms with Crippen LogP contribution >= 0.6 is 0 Å². The summed E-state index contributed by atoms with van der Waals surface area (Å²) >= 11 is 0. The fourth-order valence-electron chi connectivity index (χ4n) is 3.20. The first-order valence-electron chi connectivity index (χ1n) is 7.91. The molecule has 0 spiro atoms. The van der Waals surface area contributed by atoms with Crippen molar-refractivity contribution in [3.8, 4) is 0 Å². The lowest BCUT2D eigenvalue weighted by molar-refractivity contribution is -0.309. The van der Waals surface area contributed by atoms with E-state index >= 15 is 0 Å². The van der Waals surface area contributed by atoms with Gasteiger partial charge in [-0.3, -0.25) is 9.59 Å². The molecule has 0 bridgehead atoms. The third-order valence-electron chi connectivity index (χ3n) is 4.36. The molecule has 1 N–H and O–H groups in total. The maximum Gasteiger partial charge on any atom is 0.337 e. The Morgan fingerprint density at radius 2 is 1.92 bits per heavy atom. The number of aromatic amines is 1. The van der Waals surface area contributed by atoms with Crippen molar-refractivity contribution in [2.75, 3.05) is 7.11 Å². The van der Waals surface area contributed by atoms with Gasteiger partial charge in [0.2, 0.25) is 0 Å². The maximum atomic E-state index is 12.4. The third kappa shape index (κ3) is 3.07. The number of carbonyl (C=O) groups excluding carboxylic acids is 2. The number of hydrogen-bond acceptors (Lipinski definition) is 5. The Bertz CT molecular complexity index is 981. The lowest BCUT2D eigenvalue weighted by atomic mass is 9.76. The molecule has 0 saturated carbocycles. The van der Waals surface area contributed by atoms with Gasteiger partial charge in [0.05, 0.1) is 23.9 Å². The SMILES string of the molecule is COC(=O)c1ccc2c(=O)cc(C3=C([O-])CC(C)(C)CC3=O)[nH]c2c1. The minimum absolute atomic E-state index is 0.0294. The van der Waals surface area contributed by atoms with E-state index in [2.05, 4.69) is 9.72 Å². The summed E-state index contributed by atoms with van der Waals surface area (Å²) in [4.78, 5) is 39.4. The molecule has 1 aliphatic carbocycles. The summed E-state index contributed by atoms with van der Waals surface area (Å²) in [7, 11) is 1.27. The Kier molecular flexibility index (Phi) is 3.99. The van der Waals surface area contributed by atoms with Gasteiger partial charge in [0.15, 0.2) is 11.2 Å². The summed E-state index contributed by atoms with van der Waals surface area (Å²) in [5.41, 5.74) is 0.177. The number of rotatable bonds is 2. The maximum absolute atomic E-state index is 12.4. The predicted octanol–water partition coefficient (Wildman–Crippen LogP) is 1.78. The van der Waals surface area contributed by atoms with Crippen LogP contribution in [0.15, 0.2) is 34.8 Å². The van der Waals surface area contributed by atoms with Crippen LogP contribution < -0.4 is 10.5 Å². The molecule has 6 heteroatoms. The van der Waals surface area contributed by atoms with Crippen molar-refractivity contribution in [2.24, 2.45) is 5.41 Å². The second-order valence-electron chi connectivity index (χ2n) is 7.04. The molecule has 1 aliphatic rings. The number of aromatic nitrogens is 1. The Morgan fingerprint density at radius 1 is 1.20 bits per heavy atom. The van der Waals surface area contributed by atoms with Crippen molar-refractivity contribution in [2.45, 2.75) is 26.7 Å². The molecule has 0 amide bonds. The quantitative estimate of drug-likeness (QED) is 0.840. The van der Waals surface area contributed by atoms with E-state index in [1.54, 1.807) is 0 Å². The number of esters is 1. The summed E-state index contributed by atoms with van der Waals surface area (Å²) in [6, 6.07) is 5.76. The average Bonchev–Trinajstić information content (AvgIpc) is 2.51. The number of nitrogens with one attached hydrogen (secondary N) is 1. The van der Waals surface area contributed by atoms with Gasteiger partial charge in [-0.15, -0.1) is 5.76 Å². The molecule has 0 unspecified atom stereocenters. The number of Topliss-reactive ketones (excluding diaryl/α,β-unsaturated/α-hetero) is 1. The van der Waals surface area contributed by atoms with Gasteiger partial charge in [-0.2, -0.15) is 0 Å². The van der Waals surface area contributed by atoms with E-state index in [-0.39, 0.29) is 52.1 Å². The van der Waals surface area contributed by atoms with Crippen LogP contribution in [0.1, 0.15) is 42.7 Å². The van der Waals surface area contributed by atoms with Gasteiger partial charge >= 0.3 is 5.97 Å². The average molecular weight is 340 g/mol. The minimum Gasteiger partial charge on any atom is -0.875 e. The molecule has 1 aromatic heterocycles. The van der Waals surface area contributed by atoms with Crippen molar-refractivity contribution in [3.63, 3.8) is 0 Å². The van der Waals surface area contributed by atoms with Crippen LogP contribution in [0.4, 0.5) is 0 Å². The Labute approximate surface area is 144 Å². The summed E-state index contributed by atoms with van der Waals surface area (Å²) < 4.78 is 4.67. The molecule has 1 heterocycles. The number of carbonyl (C=O) groups is 2. The largest absolute Gasteiger partial charge is 0.875 e. The number of hydrogen-bond donors (Lipinski definition) is 1. The van der Waals surface area contributed by atoms with Crippen LogP contribution in [-0.2, 0) is 9.53 Å².